The summed E-state index contributed by atoms with van der Waals surface area (Å²) >= 11 is 1.41. The van der Waals surface area contributed by atoms with Gasteiger partial charge >= 0.3 is 0 Å². The molecule has 1 aromatic carbocycles. The molecule has 0 aliphatic heterocycles. The van der Waals surface area contributed by atoms with Gasteiger partial charge in [-0.15, -0.1) is 0 Å². The van der Waals surface area contributed by atoms with Crippen LogP contribution in [-0.2, 0) is 0 Å². The molecule has 1 heterocycles. The summed E-state index contributed by atoms with van der Waals surface area (Å²) < 4.78 is 11.1. The van der Waals surface area contributed by atoms with Gasteiger partial charge in [0.2, 0.25) is 5.88 Å². The summed E-state index contributed by atoms with van der Waals surface area (Å²) in [6.45, 7) is 2.57. The first kappa shape index (κ1) is 14.4. The number of nitrogens with one attached hydrogen (secondary N) is 1. The highest BCUT2D eigenvalue weighted by molar-refractivity contribution is 7.98. The van der Waals surface area contributed by atoms with Crippen LogP contribution in [0.25, 0.3) is 0 Å². The molecule has 0 fully saturated rings. The molecule has 0 aliphatic rings. The molecule has 106 valence electrons. The molecular formula is C13H16N4O2S. The number of hydrogen-bond donors (Lipinski definition) is 2. The third-order valence-electron chi connectivity index (χ3n) is 2.37. The van der Waals surface area contributed by atoms with E-state index < -0.39 is 0 Å². The summed E-state index contributed by atoms with van der Waals surface area (Å²) in [6, 6.07) is 8.97. The Morgan fingerprint density at radius 1 is 1.20 bits per heavy atom. The molecule has 0 saturated carbocycles. The van der Waals surface area contributed by atoms with Crippen LogP contribution in [0.5, 0.6) is 17.4 Å². The molecular weight excluding hydrogens is 276 g/mol. The normalized spacial score (nSPS) is 10.2. The summed E-state index contributed by atoms with van der Waals surface area (Å²) in [5.41, 5.74) is 2.49. The third kappa shape index (κ3) is 3.75. The van der Waals surface area contributed by atoms with Crippen molar-refractivity contribution in [2.75, 3.05) is 18.3 Å². The lowest BCUT2D eigenvalue weighted by Gasteiger charge is -2.08. The van der Waals surface area contributed by atoms with Gasteiger partial charge < -0.3 is 14.9 Å². The van der Waals surface area contributed by atoms with Gasteiger partial charge in [0.15, 0.2) is 5.16 Å². The van der Waals surface area contributed by atoms with Gasteiger partial charge in [0.05, 0.1) is 6.61 Å². The molecule has 0 spiro atoms. The Morgan fingerprint density at radius 3 is 2.50 bits per heavy atom. The molecule has 0 saturated heterocycles. The van der Waals surface area contributed by atoms with E-state index in [2.05, 4.69) is 15.4 Å². The number of nitrogens with zero attached hydrogens (tertiary/aromatic N) is 2. The van der Waals surface area contributed by atoms with Crippen LogP contribution in [0.2, 0.25) is 0 Å². The van der Waals surface area contributed by atoms with Crippen molar-refractivity contribution in [2.45, 2.75) is 12.1 Å². The Balaban J connectivity index is 2.16. The molecule has 3 N–H and O–H groups in total. The van der Waals surface area contributed by atoms with Gasteiger partial charge in [-0.2, -0.15) is 4.98 Å². The van der Waals surface area contributed by atoms with E-state index in [0.717, 1.165) is 5.75 Å². The van der Waals surface area contributed by atoms with Crippen LogP contribution >= 0.6 is 11.8 Å². The van der Waals surface area contributed by atoms with Crippen LogP contribution in [0.1, 0.15) is 6.92 Å². The number of ether oxygens (including phenoxy) is 2. The molecule has 1 aromatic heterocycles. The number of nitrogen functional groups attached to an aromatic ring is 1. The van der Waals surface area contributed by atoms with Crippen molar-refractivity contribution in [2.24, 2.45) is 5.84 Å². The smallest absolute Gasteiger partial charge is 0.225 e. The monoisotopic (exact) mass is 292 g/mol. The first-order valence-corrected chi connectivity index (χ1v) is 7.28. The molecule has 0 bridgehead atoms. The van der Waals surface area contributed by atoms with Crippen LogP contribution < -0.4 is 20.7 Å². The first-order chi connectivity index (χ1) is 9.75. The van der Waals surface area contributed by atoms with Gasteiger partial charge in [0, 0.05) is 6.07 Å². The Labute approximate surface area is 121 Å². The molecule has 2 aromatic rings. The van der Waals surface area contributed by atoms with Crippen molar-refractivity contribution in [3.05, 3.63) is 30.3 Å². The average Bonchev–Trinajstić information content (AvgIpc) is 2.49. The van der Waals surface area contributed by atoms with E-state index in [9.17, 15) is 0 Å². The second-order valence-electron chi connectivity index (χ2n) is 3.73. The predicted molar refractivity (Wildman–Crippen MR) is 79.3 cm³/mol. The summed E-state index contributed by atoms with van der Waals surface area (Å²) in [6.07, 6.45) is 1.89. The quantitative estimate of drug-likeness (QED) is 0.366. The number of thioether (sulfide) groups is 1. The van der Waals surface area contributed by atoms with E-state index in [1.807, 2.05) is 37.4 Å². The lowest BCUT2D eigenvalue weighted by Crippen LogP contribution is -2.09. The molecule has 0 atom stereocenters. The van der Waals surface area contributed by atoms with Crippen molar-refractivity contribution < 1.29 is 9.47 Å². The van der Waals surface area contributed by atoms with Crippen molar-refractivity contribution >= 4 is 17.6 Å². The number of aromatic nitrogens is 2. The fourth-order valence-corrected chi connectivity index (χ4v) is 1.88. The molecule has 6 nitrogen and oxygen atoms in total. The van der Waals surface area contributed by atoms with E-state index >= 15 is 0 Å². The van der Waals surface area contributed by atoms with Crippen molar-refractivity contribution in [1.29, 1.82) is 0 Å². The second kappa shape index (κ2) is 6.97. The summed E-state index contributed by atoms with van der Waals surface area (Å²) in [5.74, 6) is 7.78. The minimum atomic E-state index is 0.432. The SMILES string of the molecule is CCOc1ccc(Oc2cc(NN)nc(SC)n2)cc1. The van der Waals surface area contributed by atoms with Gasteiger partial charge in [-0.05, 0) is 37.4 Å². The van der Waals surface area contributed by atoms with Crippen LogP contribution in [0.15, 0.2) is 35.5 Å². The summed E-state index contributed by atoms with van der Waals surface area (Å²) in [4.78, 5) is 8.42. The van der Waals surface area contributed by atoms with Crippen LogP contribution in [0, 0.1) is 0 Å². The fraction of sp³-hybridized carbons (Fsp3) is 0.231. The van der Waals surface area contributed by atoms with Gasteiger partial charge in [0.1, 0.15) is 17.3 Å². The first-order valence-electron chi connectivity index (χ1n) is 6.05. The van der Waals surface area contributed by atoms with Gasteiger partial charge in [-0.3, -0.25) is 0 Å². The third-order valence-corrected chi connectivity index (χ3v) is 2.92. The van der Waals surface area contributed by atoms with E-state index in [4.69, 9.17) is 15.3 Å². The van der Waals surface area contributed by atoms with E-state index in [-0.39, 0.29) is 0 Å². The van der Waals surface area contributed by atoms with Crippen molar-refractivity contribution in [1.82, 2.24) is 9.97 Å². The van der Waals surface area contributed by atoms with E-state index in [1.54, 1.807) is 6.07 Å². The fourth-order valence-electron chi connectivity index (χ4n) is 1.51. The molecule has 2 rings (SSSR count). The lowest BCUT2D eigenvalue weighted by atomic mass is 10.3. The number of hydrazine groups is 1. The molecule has 0 unspecified atom stereocenters. The molecule has 0 radical (unpaired) electrons. The maximum absolute atomic E-state index is 5.68. The highest BCUT2D eigenvalue weighted by Crippen LogP contribution is 2.25. The zero-order chi connectivity index (χ0) is 14.4. The molecule has 20 heavy (non-hydrogen) atoms. The summed E-state index contributed by atoms with van der Waals surface area (Å²) in [5, 5.41) is 0.585. The van der Waals surface area contributed by atoms with Crippen LogP contribution in [0.4, 0.5) is 5.82 Å². The number of benzene rings is 1. The van der Waals surface area contributed by atoms with Crippen LogP contribution in [-0.4, -0.2) is 22.8 Å². The largest absolute Gasteiger partial charge is 0.494 e. The van der Waals surface area contributed by atoms with Gasteiger partial charge in [0.25, 0.3) is 0 Å². The van der Waals surface area contributed by atoms with E-state index in [1.165, 1.54) is 11.8 Å². The molecule has 0 aliphatic carbocycles. The standard InChI is InChI=1S/C13H16N4O2S/c1-3-18-9-4-6-10(7-5-9)19-12-8-11(17-14)15-13(16-12)20-2/h4-8H,3,14H2,1-2H3,(H,15,16,17). The number of hydrogen-bond acceptors (Lipinski definition) is 7. The molecule has 7 heteroatoms. The topological polar surface area (TPSA) is 82.3 Å². The van der Waals surface area contributed by atoms with Crippen LogP contribution in [0.3, 0.4) is 0 Å². The molecule has 0 amide bonds. The van der Waals surface area contributed by atoms with Crippen molar-refractivity contribution in [3.8, 4) is 17.4 Å². The Kier molecular flexibility index (Phi) is 5.03. The van der Waals surface area contributed by atoms with Gasteiger partial charge in [-0.1, -0.05) is 11.8 Å². The Bertz CT molecular complexity index is 541. The minimum Gasteiger partial charge on any atom is -0.494 e. The highest BCUT2D eigenvalue weighted by atomic mass is 32.2. The zero-order valence-corrected chi connectivity index (χ0v) is 12.1. The maximum atomic E-state index is 5.68. The van der Waals surface area contributed by atoms with Gasteiger partial charge in [-0.25, -0.2) is 10.8 Å². The number of nitrogens with two attached hydrogens (primary N) is 1. The Hall–Kier alpha value is -1.99. The predicted octanol–water partition coefficient (Wildman–Crippen LogP) is 2.68. The second-order valence-corrected chi connectivity index (χ2v) is 4.50. The minimum absolute atomic E-state index is 0.432. The summed E-state index contributed by atoms with van der Waals surface area (Å²) in [7, 11) is 0. The highest BCUT2D eigenvalue weighted by Gasteiger charge is 2.05. The Morgan fingerprint density at radius 2 is 1.90 bits per heavy atom. The zero-order valence-electron chi connectivity index (χ0n) is 11.3. The van der Waals surface area contributed by atoms with Crippen molar-refractivity contribution in [3.63, 3.8) is 0 Å². The van der Waals surface area contributed by atoms with E-state index in [0.29, 0.717) is 29.2 Å². The lowest BCUT2D eigenvalue weighted by molar-refractivity contribution is 0.339. The number of anilines is 1. The average molecular weight is 292 g/mol. The maximum Gasteiger partial charge on any atom is 0.225 e. The number of rotatable bonds is 6.